The summed E-state index contributed by atoms with van der Waals surface area (Å²) in [6, 6.07) is 0. The topological polar surface area (TPSA) is 17.1 Å². The van der Waals surface area contributed by atoms with Crippen molar-refractivity contribution in [1.29, 1.82) is 0 Å². The molecule has 2 unspecified atom stereocenters. The third-order valence-corrected chi connectivity index (χ3v) is 3.34. The van der Waals surface area contributed by atoms with Gasteiger partial charge in [0.05, 0.1) is 4.32 Å². The first-order valence-electron chi connectivity index (χ1n) is 3.41. The molecule has 0 heterocycles. The van der Waals surface area contributed by atoms with Crippen LogP contribution >= 0.6 is 15.9 Å². The fourth-order valence-electron chi connectivity index (χ4n) is 1.27. The quantitative estimate of drug-likeness (QED) is 0.436. The smallest absolute Gasteiger partial charge is 0.175 e. The molecular weight excluding hydrogens is 192 g/mol. The van der Waals surface area contributed by atoms with Gasteiger partial charge in [0.25, 0.3) is 0 Å². The van der Waals surface area contributed by atoms with Gasteiger partial charge in [-0.15, -0.1) is 0 Å². The predicted octanol–water partition coefficient (Wildman–Crippen LogP) is 2.31. The minimum Gasteiger partial charge on any atom is -0.293 e. The maximum absolute atomic E-state index is 11.2. The van der Waals surface area contributed by atoms with Gasteiger partial charge in [0.1, 0.15) is 0 Å². The van der Waals surface area contributed by atoms with E-state index in [2.05, 4.69) is 22.9 Å². The molecule has 0 amide bonds. The highest BCUT2D eigenvalue weighted by Crippen LogP contribution is 2.45. The van der Waals surface area contributed by atoms with Crippen LogP contribution in [-0.2, 0) is 4.79 Å². The highest BCUT2D eigenvalue weighted by atomic mass is 79.9. The number of allylic oxidation sites excluding steroid dienone is 2. The molecular formula is C8H11BrO. The molecule has 0 spiro atoms. The van der Waals surface area contributed by atoms with Gasteiger partial charge in [-0.05, 0) is 19.4 Å². The number of carbonyl (C=O) groups is 1. The van der Waals surface area contributed by atoms with Gasteiger partial charge in [-0.1, -0.05) is 28.9 Å². The average Bonchev–Trinajstić information content (AvgIpc) is 1.89. The zero-order valence-corrected chi connectivity index (χ0v) is 8.03. The van der Waals surface area contributed by atoms with Gasteiger partial charge in [-0.2, -0.15) is 0 Å². The molecule has 0 aromatic carbocycles. The Balaban J connectivity index is 2.88. The van der Waals surface area contributed by atoms with Gasteiger partial charge < -0.3 is 0 Å². The first-order chi connectivity index (χ1) is 4.51. The number of carbonyl (C=O) groups excluding carboxylic acids is 1. The van der Waals surface area contributed by atoms with Crippen LogP contribution in [0.15, 0.2) is 11.6 Å². The van der Waals surface area contributed by atoms with E-state index in [1.165, 1.54) is 0 Å². The van der Waals surface area contributed by atoms with E-state index in [4.69, 9.17) is 0 Å². The van der Waals surface area contributed by atoms with Crippen molar-refractivity contribution in [2.45, 2.75) is 25.1 Å². The lowest BCUT2D eigenvalue weighted by atomic mass is 9.70. The van der Waals surface area contributed by atoms with Crippen LogP contribution in [0.25, 0.3) is 0 Å². The molecule has 0 aliphatic heterocycles. The number of hydrogen-bond donors (Lipinski definition) is 0. The largest absolute Gasteiger partial charge is 0.293 e. The van der Waals surface area contributed by atoms with Crippen molar-refractivity contribution < 1.29 is 4.79 Å². The van der Waals surface area contributed by atoms with E-state index in [0.29, 0.717) is 5.92 Å². The molecule has 1 aliphatic carbocycles. The van der Waals surface area contributed by atoms with Crippen molar-refractivity contribution >= 4 is 21.7 Å². The molecule has 1 saturated carbocycles. The Morgan fingerprint density at radius 1 is 1.70 bits per heavy atom. The molecule has 1 fully saturated rings. The minimum absolute atomic E-state index is 0.238. The molecule has 2 atom stereocenters. The Morgan fingerprint density at radius 3 is 2.40 bits per heavy atom. The molecule has 0 N–H and O–H groups in total. The molecule has 2 heteroatoms. The van der Waals surface area contributed by atoms with Crippen LogP contribution in [0.5, 0.6) is 0 Å². The highest BCUT2D eigenvalue weighted by molar-refractivity contribution is 9.10. The second kappa shape index (κ2) is 2.19. The number of halogens is 1. The van der Waals surface area contributed by atoms with Crippen LogP contribution in [-0.4, -0.2) is 10.1 Å². The lowest BCUT2D eigenvalue weighted by molar-refractivity contribution is -0.123. The van der Waals surface area contributed by atoms with Gasteiger partial charge >= 0.3 is 0 Å². The van der Waals surface area contributed by atoms with Crippen molar-refractivity contribution in [3.05, 3.63) is 11.6 Å². The van der Waals surface area contributed by atoms with E-state index >= 15 is 0 Å². The molecule has 1 nitrogen and oxygen atoms in total. The fourth-order valence-corrected chi connectivity index (χ4v) is 1.75. The Labute approximate surface area is 69.6 Å². The van der Waals surface area contributed by atoms with E-state index < -0.39 is 0 Å². The number of hydrogen-bond acceptors (Lipinski definition) is 1. The van der Waals surface area contributed by atoms with Crippen molar-refractivity contribution in [3.63, 3.8) is 0 Å². The number of ketones is 1. The van der Waals surface area contributed by atoms with Crippen molar-refractivity contribution in [3.8, 4) is 0 Å². The van der Waals surface area contributed by atoms with E-state index in [9.17, 15) is 4.79 Å². The minimum atomic E-state index is -0.283. The van der Waals surface area contributed by atoms with Gasteiger partial charge in [0.15, 0.2) is 5.78 Å². The van der Waals surface area contributed by atoms with Gasteiger partial charge in [0, 0.05) is 5.92 Å². The molecule has 0 aromatic heterocycles. The predicted molar refractivity (Wildman–Crippen MR) is 45.3 cm³/mol. The third-order valence-electron chi connectivity index (χ3n) is 2.30. The first-order valence-corrected chi connectivity index (χ1v) is 4.21. The summed E-state index contributed by atoms with van der Waals surface area (Å²) in [6.07, 6.45) is 1.90. The van der Waals surface area contributed by atoms with Gasteiger partial charge in [-0.25, -0.2) is 0 Å². The molecule has 0 saturated heterocycles. The Morgan fingerprint density at radius 2 is 2.20 bits per heavy atom. The zero-order valence-electron chi connectivity index (χ0n) is 6.44. The zero-order chi connectivity index (χ0) is 7.94. The average molecular weight is 203 g/mol. The van der Waals surface area contributed by atoms with Gasteiger partial charge in [-0.3, -0.25) is 4.79 Å². The Bertz CT molecular complexity index is 203. The standard InChI is InChI=1S/C8H11BrO/c1-4-6-5(2)8(3,9)7(6)10/h4-5H,1-3H3/b6-4+. The molecule has 0 radical (unpaired) electrons. The molecule has 10 heavy (non-hydrogen) atoms. The van der Waals surface area contributed by atoms with Crippen LogP contribution in [0.1, 0.15) is 20.8 Å². The number of rotatable bonds is 0. The highest BCUT2D eigenvalue weighted by Gasteiger charge is 2.50. The Kier molecular flexibility index (Phi) is 1.75. The van der Waals surface area contributed by atoms with E-state index in [1.54, 1.807) is 0 Å². The van der Waals surface area contributed by atoms with E-state index in [1.807, 2.05) is 19.9 Å². The van der Waals surface area contributed by atoms with E-state index in [0.717, 1.165) is 5.57 Å². The Hall–Kier alpha value is -0.110. The third kappa shape index (κ3) is 0.782. The van der Waals surface area contributed by atoms with Crippen LogP contribution in [0.4, 0.5) is 0 Å². The molecule has 0 aromatic rings. The summed E-state index contributed by atoms with van der Waals surface area (Å²) in [5, 5.41) is 0. The molecule has 1 rings (SSSR count). The van der Waals surface area contributed by atoms with Crippen LogP contribution < -0.4 is 0 Å². The summed E-state index contributed by atoms with van der Waals surface area (Å²) in [7, 11) is 0. The molecule has 0 bridgehead atoms. The SMILES string of the molecule is C/C=C1/C(=O)C(C)(Br)C1C. The lowest BCUT2D eigenvalue weighted by Gasteiger charge is -2.40. The summed E-state index contributed by atoms with van der Waals surface area (Å²) in [5.74, 6) is 0.604. The van der Waals surface area contributed by atoms with E-state index in [-0.39, 0.29) is 10.1 Å². The summed E-state index contributed by atoms with van der Waals surface area (Å²) >= 11 is 3.39. The van der Waals surface area contributed by atoms with Gasteiger partial charge in [0.2, 0.25) is 0 Å². The number of alkyl halides is 1. The summed E-state index contributed by atoms with van der Waals surface area (Å²) in [4.78, 5) is 11.2. The maximum atomic E-state index is 11.2. The second-order valence-electron chi connectivity index (χ2n) is 2.87. The van der Waals surface area contributed by atoms with Crippen molar-refractivity contribution in [2.75, 3.05) is 0 Å². The lowest BCUT2D eigenvalue weighted by Crippen LogP contribution is -2.50. The fraction of sp³-hybridized carbons (Fsp3) is 0.625. The molecule has 1 aliphatic rings. The van der Waals surface area contributed by atoms with Crippen LogP contribution in [0, 0.1) is 5.92 Å². The monoisotopic (exact) mass is 202 g/mol. The number of Topliss-reactive ketones (excluding diaryl/α,β-unsaturated/α-hetero) is 1. The second-order valence-corrected chi connectivity index (χ2v) is 4.52. The van der Waals surface area contributed by atoms with Crippen molar-refractivity contribution in [1.82, 2.24) is 0 Å². The summed E-state index contributed by atoms with van der Waals surface area (Å²) in [5.41, 5.74) is 0.958. The normalized spacial score (nSPS) is 43.8. The van der Waals surface area contributed by atoms with Crippen LogP contribution in [0.3, 0.4) is 0 Å². The van der Waals surface area contributed by atoms with Crippen LogP contribution in [0.2, 0.25) is 0 Å². The summed E-state index contributed by atoms with van der Waals surface area (Å²) in [6.45, 7) is 5.89. The summed E-state index contributed by atoms with van der Waals surface area (Å²) < 4.78 is -0.283. The van der Waals surface area contributed by atoms with Crippen molar-refractivity contribution in [2.24, 2.45) is 5.92 Å². The molecule has 56 valence electrons. The maximum Gasteiger partial charge on any atom is 0.175 e. The first kappa shape index (κ1) is 7.99.